The van der Waals surface area contributed by atoms with Crippen LogP contribution in [-0.2, 0) is 23.2 Å². The molecule has 0 fully saturated rings. The number of carbonyl (C=O) groups excluding carboxylic acids is 1. The molecular formula is C23H28N4O5S. The summed E-state index contributed by atoms with van der Waals surface area (Å²) in [5.41, 5.74) is 4.30. The van der Waals surface area contributed by atoms with Gasteiger partial charge in [-0.25, -0.2) is 0 Å². The second kappa shape index (κ2) is 9.05. The zero-order valence-corrected chi connectivity index (χ0v) is 19.9. The van der Waals surface area contributed by atoms with Gasteiger partial charge >= 0.3 is 10.1 Å². The predicted octanol–water partition coefficient (Wildman–Crippen LogP) is 2.08. The molecule has 0 spiro atoms. The molecule has 2 heterocycles. The SMILES string of the molecule is COc1cc(-c2cc3cc(CNCCN(C)C)ccc3[nH]2)c2c(c1OS(C)(=O)=O)CNC2=O. The first-order valence-corrected chi connectivity index (χ1v) is 12.4. The Morgan fingerprint density at radius 1 is 1.18 bits per heavy atom. The number of aromatic nitrogens is 1. The van der Waals surface area contributed by atoms with Gasteiger partial charge in [0.2, 0.25) is 0 Å². The number of hydrogen-bond donors (Lipinski definition) is 3. The van der Waals surface area contributed by atoms with Crippen LogP contribution in [0.4, 0.5) is 0 Å². The highest BCUT2D eigenvalue weighted by Crippen LogP contribution is 2.43. The average molecular weight is 473 g/mol. The Morgan fingerprint density at radius 2 is 1.97 bits per heavy atom. The Hall–Kier alpha value is -3.08. The normalized spacial score (nSPS) is 13.4. The highest BCUT2D eigenvalue weighted by molar-refractivity contribution is 7.86. The fourth-order valence-electron chi connectivity index (χ4n) is 3.96. The number of ether oxygens (including phenoxy) is 1. The zero-order valence-electron chi connectivity index (χ0n) is 19.1. The number of rotatable bonds is 9. The number of nitrogens with one attached hydrogen (secondary N) is 3. The molecule has 0 atom stereocenters. The van der Waals surface area contributed by atoms with Gasteiger partial charge < -0.3 is 29.4 Å². The molecule has 176 valence electrons. The van der Waals surface area contributed by atoms with Crippen molar-refractivity contribution in [3.8, 4) is 22.8 Å². The van der Waals surface area contributed by atoms with Crippen molar-refractivity contribution in [2.75, 3.05) is 40.6 Å². The maximum absolute atomic E-state index is 12.7. The Balaban J connectivity index is 1.72. The zero-order chi connectivity index (χ0) is 23.8. The van der Waals surface area contributed by atoms with Crippen LogP contribution in [0.3, 0.4) is 0 Å². The first-order chi connectivity index (χ1) is 15.7. The number of likely N-dealkylation sites (N-methyl/N-ethyl adjacent to an activating group) is 1. The molecule has 1 aromatic heterocycles. The van der Waals surface area contributed by atoms with Crippen LogP contribution in [0.2, 0.25) is 0 Å². The van der Waals surface area contributed by atoms with E-state index in [1.807, 2.05) is 26.2 Å². The molecule has 0 aliphatic carbocycles. The van der Waals surface area contributed by atoms with E-state index in [0.29, 0.717) is 16.7 Å². The molecule has 3 N–H and O–H groups in total. The Kier molecular flexibility index (Phi) is 6.33. The summed E-state index contributed by atoms with van der Waals surface area (Å²) in [7, 11) is 1.72. The fraction of sp³-hybridized carbons (Fsp3) is 0.348. The predicted molar refractivity (Wildman–Crippen MR) is 127 cm³/mol. The van der Waals surface area contributed by atoms with Gasteiger partial charge in [0.05, 0.1) is 18.9 Å². The fourth-order valence-corrected chi connectivity index (χ4v) is 4.44. The summed E-state index contributed by atoms with van der Waals surface area (Å²) in [6.07, 6.45) is 0.960. The Bertz CT molecular complexity index is 1310. The molecule has 2 aromatic carbocycles. The van der Waals surface area contributed by atoms with Crippen molar-refractivity contribution in [1.29, 1.82) is 0 Å². The summed E-state index contributed by atoms with van der Waals surface area (Å²) in [6, 6.07) is 9.80. The molecule has 0 unspecified atom stereocenters. The molecule has 0 saturated carbocycles. The van der Waals surface area contributed by atoms with Gasteiger partial charge in [-0.3, -0.25) is 4.79 Å². The smallest absolute Gasteiger partial charge is 0.306 e. The number of methoxy groups -OCH3 is 1. The monoisotopic (exact) mass is 472 g/mol. The van der Waals surface area contributed by atoms with E-state index in [2.05, 4.69) is 32.7 Å². The summed E-state index contributed by atoms with van der Waals surface area (Å²) < 4.78 is 34.2. The minimum Gasteiger partial charge on any atom is -0.493 e. The van der Waals surface area contributed by atoms with Crippen LogP contribution in [0, 0.1) is 0 Å². The van der Waals surface area contributed by atoms with Crippen molar-refractivity contribution in [2.45, 2.75) is 13.1 Å². The maximum Gasteiger partial charge on any atom is 0.306 e. The number of amides is 1. The van der Waals surface area contributed by atoms with Crippen molar-refractivity contribution >= 4 is 26.9 Å². The Morgan fingerprint density at radius 3 is 2.67 bits per heavy atom. The molecule has 1 aliphatic heterocycles. The summed E-state index contributed by atoms with van der Waals surface area (Å²) >= 11 is 0. The average Bonchev–Trinajstić information content (AvgIpc) is 3.34. The molecule has 0 bridgehead atoms. The molecule has 33 heavy (non-hydrogen) atoms. The quantitative estimate of drug-likeness (QED) is 0.323. The van der Waals surface area contributed by atoms with Crippen molar-refractivity contribution in [2.24, 2.45) is 0 Å². The van der Waals surface area contributed by atoms with Crippen molar-refractivity contribution < 1.29 is 22.1 Å². The van der Waals surface area contributed by atoms with Crippen LogP contribution in [0.15, 0.2) is 30.3 Å². The van der Waals surface area contributed by atoms with Crippen LogP contribution in [-0.4, -0.2) is 64.8 Å². The van der Waals surface area contributed by atoms with Crippen LogP contribution in [0.25, 0.3) is 22.2 Å². The standard InChI is InChI=1S/C23H28N4O5S/c1-27(2)8-7-24-12-14-5-6-18-15(9-14)10-19(26-18)16-11-20(31-3)22(32-33(4,29)30)17-13-25-23(28)21(16)17/h5-6,9-11,24,26H,7-8,12-13H2,1-4H3,(H,25,28). The van der Waals surface area contributed by atoms with Gasteiger partial charge in [0.25, 0.3) is 5.91 Å². The number of benzene rings is 2. The van der Waals surface area contributed by atoms with E-state index in [1.54, 1.807) is 6.07 Å². The van der Waals surface area contributed by atoms with E-state index in [4.69, 9.17) is 8.92 Å². The second-order valence-corrected chi connectivity index (χ2v) is 9.94. The van der Waals surface area contributed by atoms with E-state index in [9.17, 15) is 13.2 Å². The summed E-state index contributed by atoms with van der Waals surface area (Å²) in [5.74, 6) is -0.000139. The molecule has 3 aromatic rings. The first-order valence-electron chi connectivity index (χ1n) is 10.6. The topological polar surface area (TPSA) is 113 Å². The van der Waals surface area contributed by atoms with Crippen molar-refractivity contribution in [1.82, 2.24) is 20.5 Å². The van der Waals surface area contributed by atoms with Crippen LogP contribution >= 0.6 is 0 Å². The third-order valence-electron chi connectivity index (χ3n) is 5.49. The third-order valence-corrected chi connectivity index (χ3v) is 5.96. The minimum absolute atomic E-state index is 0.0410. The van der Waals surface area contributed by atoms with Gasteiger partial charge in [0.1, 0.15) is 0 Å². The number of hydrogen-bond acceptors (Lipinski definition) is 7. The first kappa shape index (κ1) is 23.1. The summed E-state index contributed by atoms with van der Waals surface area (Å²) in [4.78, 5) is 18.2. The molecule has 1 amide bonds. The number of fused-ring (bicyclic) bond motifs is 2. The number of H-pyrrole nitrogens is 1. The van der Waals surface area contributed by atoms with Gasteiger partial charge in [0, 0.05) is 53.9 Å². The number of aromatic amines is 1. The lowest BCUT2D eigenvalue weighted by molar-refractivity contribution is 0.0966. The van der Waals surface area contributed by atoms with E-state index in [-0.39, 0.29) is 24.0 Å². The molecular weight excluding hydrogens is 444 g/mol. The van der Waals surface area contributed by atoms with Crippen LogP contribution < -0.4 is 19.6 Å². The maximum atomic E-state index is 12.7. The van der Waals surface area contributed by atoms with E-state index in [0.717, 1.165) is 48.1 Å². The lowest BCUT2D eigenvalue weighted by atomic mass is 9.98. The largest absolute Gasteiger partial charge is 0.493 e. The number of carbonyl (C=O) groups is 1. The molecule has 10 heteroatoms. The highest BCUT2D eigenvalue weighted by Gasteiger charge is 2.31. The van der Waals surface area contributed by atoms with Crippen LogP contribution in [0.1, 0.15) is 21.5 Å². The van der Waals surface area contributed by atoms with Gasteiger partial charge in [-0.05, 0) is 43.9 Å². The lowest BCUT2D eigenvalue weighted by Gasteiger charge is -2.15. The van der Waals surface area contributed by atoms with Gasteiger partial charge in [-0.1, -0.05) is 6.07 Å². The molecule has 9 nitrogen and oxygen atoms in total. The lowest BCUT2D eigenvalue weighted by Crippen LogP contribution is -2.26. The van der Waals surface area contributed by atoms with Gasteiger partial charge in [0.15, 0.2) is 11.5 Å². The Labute approximate surface area is 193 Å². The molecule has 0 radical (unpaired) electrons. The minimum atomic E-state index is -3.80. The van der Waals surface area contributed by atoms with Gasteiger partial charge in [-0.2, -0.15) is 8.42 Å². The third kappa shape index (κ3) is 4.97. The highest BCUT2D eigenvalue weighted by atomic mass is 32.2. The van der Waals surface area contributed by atoms with Gasteiger partial charge in [-0.15, -0.1) is 0 Å². The van der Waals surface area contributed by atoms with E-state index >= 15 is 0 Å². The summed E-state index contributed by atoms with van der Waals surface area (Å²) in [5, 5.41) is 7.20. The van der Waals surface area contributed by atoms with Crippen LogP contribution in [0.5, 0.6) is 11.5 Å². The van der Waals surface area contributed by atoms with E-state index in [1.165, 1.54) is 7.11 Å². The molecule has 4 rings (SSSR count). The van der Waals surface area contributed by atoms with Crippen molar-refractivity contribution in [3.05, 3.63) is 47.0 Å². The molecule has 1 aliphatic rings. The van der Waals surface area contributed by atoms with E-state index < -0.39 is 10.1 Å². The molecule has 0 saturated heterocycles. The second-order valence-electron chi connectivity index (χ2n) is 8.36. The summed E-state index contributed by atoms with van der Waals surface area (Å²) in [6.45, 7) is 2.77. The van der Waals surface area contributed by atoms with Crippen molar-refractivity contribution in [3.63, 3.8) is 0 Å². The number of nitrogens with zero attached hydrogens (tertiary/aromatic N) is 1.